The van der Waals surface area contributed by atoms with E-state index in [9.17, 15) is 9.59 Å². The Morgan fingerprint density at radius 3 is 2.39 bits per heavy atom. The lowest BCUT2D eigenvalue weighted by molar-refractivity contribution is -0.105. The molecule has 3 nitrogen and oxygen atoms in total. The molecule has 18 heavy (non-hydrogen) atoms. The lowest BCUT2D eigenvalue weighted by Crippen LogP contribution is -2.02. The van der Waals surface area contributed by atoms with Crippen molar-refractivity contribution in [1.82, 2.24) is 0 Å². The predicted molar refractivity (Wildman–Crippen MR) is 71.6 cm³/mol. The van der Waals surface area contributed by atoms with Crippen LogP contribution in [0.25, 0.3) is 11.1 Å². The van der Waals surface area contributed by atoms with Crippen molar-refractivity contribution in [2.24, 2.45) is 0 Å². The van der Waals surface area contributed by atoms with Crippen LogP contribution in [0.3, 0.4) is 0 Å². The van der Waals surface area contributed by atoms with Crippen molar-refractivity contribution in [2.45, 2.75) is 6.92 Å². The molecule has 0 spiro atoms. The van der Waals surface area contributed by atoms with E-state index in [1.807, 2.05) is 36.4 Å². The van der Waals surface area contributed by atoms with Gasteiger partial charge in [0.1, 0.15) is 0 Å². The molecule has 2 aromatic carbocycles. The van der Waals surface area contributed by atoms with Gasteiger partial charge in [-0.2, -0.15) is 0 Å². The van der Waals surface area contributed by atoms with Gasteiger partial charge in [0.15, 0.2) is 5.78 Å². The molecule has 2 aromatic rings. The van der Waals surface area contributed by atoms with Gasteiger partial charge in [-0.05, 0) is 30.2 Å². The third-order valence-electron chi connectivity index (χ3n) is 2.72. The Morgan fingerprint density at radius 1 is 1.06 bits per heavy atom. The molecule has 0 heterocycles. The minimum Gasteiger partial charge on any atom is -0.328 e. The molecule has 0 radical (unpaired) electrons. The first-order valence-electron chi connectivity index (χ1n) is 5.63. The summed E-state index contributed by atoms with van der Waals surface area (Å²) in [6.45, 7) is 1.49. The Kier molecular flexibility index (Phi) is 3.53. The number of ketones is 1. The normalized spacial score (nSPS) is 9.83. The zero-order valence-electron chi connectivity index (χ0n) is 10.0. The number of rotatable bonds is 4. The van der Waals surface area contributed by atoms with Gasteiger partial charge in [0.2, 0.25) is 6.41 Å². The molecule has 0 unspecified atom stereocenters. The fraction of sp³-hybridized carbons (Fsp3) is 0.0667. The summed E-state index contributed by atoms with van der Waals surface area (Å²) in [5.41, 5.74) is 3.05. The van der Waals surface area contributed by atoms with Crippen LogP contribution in [0, 0.1) is 0 Å². The summed E-state index contributed by atoms with van der Waals surface area (Å²) in [6.07, 6.45) is 0.573. The third-order valence-corrected chi connectivity index (χ3v) is 2.72. The summed E-state index contributed by atoms with van der Waals surface area (Å²) in [5.74, 6) is -0.0721. The van der Waals surface area contributed by atoms with Crippen LogP contribution in [-0.2, 0) is 4.79 Å². The lowest BCUT2D eigenvalue weighted by Gasteiger charge is -2.08. The Hall–Kier alpha value is -2.42. The van der Waals surface area contributed by atoms with Gasteiger partial charge in [0.05, 0.1) is 5.69 Å². The molecule has 0 fully saturated rings. The molecule has 2 rings (SSSR count). The van der Waals surface area contributed by atoms with Gasteiger partial charge in [-0.1, -0.05) is 36.4 Å². The Bertz CT molecular complexity index is 576. The fourth-order valence-corrected chi connectivity index (χ4v) is 1.84. The van der Waals surface area contributed by atoms with E-state index in [-0.39, 0.29) is 5.78 Å². The van der Waals surface area contributed by atoms with Crippen LogP contribution in [0.4, 0.5) is 5.69 Å². The number of anilines is 1. The summed E-state index contributed by atoms with van der Waals surface area (Å²) in [4.78, 5) is 22.1. The largest absolute Gasteiger partial charge is 0.328 e. The molecule has 1 N–H and O–H groups in total. The van der Waals surface area contributed by atoms with Crippen LogP contribution >= 0.6 is 0 Å². The van der Waals surface area contributed by atoms with Crippen LogP contribution in [-0.4, -0.2) is 12.2 Å². The van der Waals surface area contributed by atoms with E-state index in [1.54, 1.807) is 12.1 Å². The number of Topliss-reactive ketones (excluding diaryl/α,β-unsaturated/α-hetero) is 1. The predicted octanol–water partition coefficient (Wildman–Crippen LogP) is 3.12. The second kappa shape index (κ2) is 5.27. The number of carbonyl (C=O) groups excluding carboxylic acids is 2. The second-order valence-corrected chi connectivity index (χ2v) is 3.94. The number of nitrogens with one attached hydrogen (secondary N) is 1. The van der Waals surface area contributed by atoms with Crippen molar-refractivity contribution >= 4 is 17.9 Å². The lowest BCUT2D eigenvalue weighted by atomic mass is 10.00. The van der Waals surface area contributed by atoms with Crippen LogP contribution in [0.2, 0.25) is 0 Å². The van der Waals surface area contributed by atoms with E-state index in [0.717, 1.165) is 11.1 Å². The van der Waals surface area contributed by atoms with Crippen molar-refractivity contribution in [3.8, 4) is 11.1 Å². The van der Waals surface area contributed by atoms with Gasteiger partial charge >= 0.3 is 0 Å². The molecule has 0 saturated heterocycles. The highest BCUT2D eigenvalue weighted by atomic mass is 16.1. The quantitative estimate of drug-likeness (QED) is 0.658. The van der Waals surface area contributed by atoms with E-state index in [4.69, 9.17) is 0 Å². The number of amides is 1. The maximum absolute atomic E-state index is 11.6. The number of benzene rings is 2. The maximum Gasteiger partial charge on any atom is 0.211 e. The van der Waals surface area contributed by atoms with E-state index in [0.29, 0.717) is 17.7 Å². The molecular weight excluding hydrogens is 226 g/mol. The summed E-state index contributed by atoms with van der Waals surface area (Å²) in [6, 6.07) is 15.2. The van der Waals surface area contributed by atoms with Gasteiger partial charge in [-0.3, -0.25) is 9.59 Å². The summed E-state index contributed by atoms with van der Waals surface area (Å²) in [7, 11) is 0. The molecule has 0 bridgehead atoms. The van der Waals surface area contributed by atoms with E-state index in [2.05, 4.69) is 5.32 Å². The first kappa shape index (κ1) is 12.0. The molecule has 0 saturated carbocycles. The molecular formula is C15H13NO2. The molecule has 3 heteroatoms. The monoisotopic (exact) mass is 239 g/mol. The summed E-state index contributed by atoms with van der Waals surface area (Å²) >= 11 is 0. The van der Waals surface area contributed by atoms with Crippen LogP contribution < -0.4 is 5.32 Å². The van der Waals surface area contributed by atoms with Gasteiger partial charge in [0, 0.05) is 5.56 Å². The van der Waals surface area contributed by atoms with Crippen molar-refractivity contribution in [1.29, 1.82) is 0 Å². The van der Waals surface area contributed by atoms with Crippen LogP contribution in [0.5, 0.6) is 0 Å². The average Bonchev–Trinajstić information content (AvgIpc) is 2.40. The van der Waals surface area contributed by atoms with Gasteiger partial charge in [-0.25, -0.2) is 0 Å². The minimum absolute atomic E-state index is 0.0721. The highest BCUT2D eigenvalue weighted by molar-refractivity contribution is 6.02. The van der Waals surface area contributed by atoms with Crippen LogP contribution in [0.15, 0.2) is 48.5 Å². The molecule has 0 atom stereocenters. The van der Waals surface area contributed by atoms with E-state index in [1.165, 1.54) is 6.92 Å². The summed E-state index contributed by atoms with van der Waals surface area (Å²) in [5, 5.41) is 2.53. The Balaban J connectivity index is 2.50. The van der Waals surface area contributed by atoms with Crippen LogP contribution in [0.1, 0.15) is 17.3 Å². The minimum atomic E-state index is -0.0721. The zero-order chi connectivity index (χ0) is 13.0. The van der Waals surface area contributed by atoms with E-state index < -0.39 is 0 Å². The number of carbonyl (C=O) groups is 2. The maximum atomic E-state index is 11.6. The van der Waals surface area contributed by atoms with Gasteiger partial charge < -0.3 is 5.32 Å². The highest BCUT2D eigenvalue weighted by Crippen LogP contribution is 2.25. The van der Waals surface area contributed by atoms with Gasteiger partial charge in [-0.15, -0.1) is 0 Å². The third kappa shape index (κ3) is 2.46. The standard InChI is InChI=1S/C15H13NO2/c1-11(18)14-9-13(7-8-15(14)16-10-17)12-5-3-2-4-6-12/h2-10H,1H3,(H,16,17). The molecule has 0 aliphatic carbocycles. The molecule has 1 amide bonds. The van der Waals surface area contributed by atoms with Gasteiger partial charge in [0.25, 0.3) is 0 Å². The smallest absolute Gasteiger partial charge is 0.211 e. The SMILES string of the molecule is CC(=O)c1cc(-c2ccccc2)ccc1NC=O. The molecule has 0 aliphatic rings. The molecule has 0 aliphatic heterocycles. The Labute approximate surface area is 105 Å². The molecule has 90 valence electrons. The van der Waals surface area contributed by atoms with E-state index >= 15 is 0 Å². The Morgan fingerprint density at radius 2 is 1.78 bits per heavy atom. The molecule has 0 aromatic heterocycles. The zero-order valence-corrected chi connectivity index (χ0v) is 10.0. The average molecular weight is 239 g/mol. The van der Waals surface area contributed by atoms with Crippen molar-refractivity contribution in [2.75, 3.05) is 5.32 Å². The van der Waals surface area contributed by atoms with Crippen molar-refractivity contribution in [3.05, 3.63) is 54.1 Å². The second-order valence-electron chi connectivity index (χ2n) is 3.94. The summed E-state index contributed by atoms with van der Waals surface area (Å²) < 4.78 is 0. The van der Waals surface area contributed by atoms with Crippen molar-refractivity contribution < 1.29 is 9.59 Å². The highest BCUT2D eigenvalue weighted by Gasteiger charge is 2.08. The fourth-order valence-electron chi connectivity index (χ4n) is 1.84. The first-order valence-corrected chi connectivity index (χ1v) is 5.63. The number of hydrogen-bond acceptors (Lipinski definition) is 2. The van der Waals surface area contributed by atoms with Crippen molar-refractivity contribution in [3.63, 3.8) is 0 Å². The number of hydrogen-bond donors (Lipinski definition) is 1. The first-order chi connectivity index (χ1) is 8.72. The topological polar surface area (TPSA) is 46.2 Å².